The van der Waals surface area contributed by atoms with Gasteiger partial charge >= 0.3 is 6.03 Å². The van der Waals surface area contributed by atoms with Crippen LogP contribution in [0.2, 0.25) is 0 Å². The van der Waals surface area contributed by atoms with E-state index in [9.17, 15) is 9.18 Å². The number of aromatic nitrogens is 1. The molecule has 0 aliphatic heterocycles. The number of carbonyl (C=O) groups is 1. The minimum Gasteiger partial charge on any atom is -0.335 e. The summed E-state index contributed by atoms with van der Waals surface area (Å²) in [5.41, 5.74) is 1.85. The molecule has 0 unspecified atom stereocenters. The fourth-order valence-corrected chi connectivity index (χ4v) is 3.13. The largest absolute Gasteiger partial charge is 0.335 e. The van der Waals surface area contributed by atoms with Gasteiger partial charge in [0.05, 0.1) is 17.2 Å². The Balaban J connectivity index is 1.52. The van der Waals surface area contributed by atoms with E-state index < -0.39 is 0 Å². The van der Waals surface area contributed by atoms with Crippen LogP contribution in [0.3, 0.4) is 0 Å². The summed E-state index contributed by atoms with van der Waals surface area (Å²) in [5.74, 6) is -0.0138. The molecule has 1 aliphatic rings. The first kappa shape index (κ1) is 15.0. The van der Waals surface area contributed by atoms with Gasteiger partial charge in [-0.1, -0.05) is 12.1 Å². The SMILES string of the molecule is Cc1nc(CN(C)C(=O)N[C@H]2C[C@H]2c2cccc(F)c2)cs1. The minimum atomic E-state index is -0.231. The average Bonchev–Trinajstić information content (AvgIpc) is 3.12. The van der Waals surface area contributed by atoms with Crippen LogP contribution in [0.25, 0.3) is 0 Å². The second-order valence-electron chi connectivity index (χ2n) is 5.67. The third kappa shape index (κ3) is 3.44. The number of nitrogens with zero attached hydrogens (tertiary/aromatic N) is 2. The van der Waals surface area contributed by atoms with E-state index in [4.69, 9.17) is 0 Å². The van der Waals surface area contributed by atoms with E-state index >= 15 is 0 Å². The van der Waals surface area contributed by atoms with E-state index in [0.717, 1.165) is 22.7 Å². The van der Waals surface area contributed by atoms with Gasteiger partial charge in [0, 0.05) is 24.4 Å². The molecule has 0 spiro atoms. The standard InChI is InChI=1S/C16H18FN3OS/c1-10-18-13(9-22-10)8-20(2)16(21)19-15-7-14(15)11-4-3-5-12(17)6-11/h3-6,9,14-15H,7-8H2,1-2H3,(H,19,21)/t14-,15-/m0/s1. The molecule has 3 rings (SSSR count). The Kier molecular flexibility index (Phi) is 4.11. The molecule has 1 aromatic heterocycles. The van der Waals surface area contributed by atoms with Crippen molar-refractivity contribution < 1.29 is 9.18 Å². The predicted octanol–water partition coefficient (Wildman–Crippen LogP) is 3.29. The molecule has 2 amide bonds. The average molecular weight is 319 g/mol. The van der Waals surface area contributed by atoms with Crippen molar-refractivity contribution in [1.82, 2.24) is 15.2 Å². The van der Waals surface area contributed by atoms with Crippen molar-refractivity contribution in [3.63, 3.8) is 0 Å². The third-order valence-electron chi connectivity index (χ3n) is 3.79. The highest BCUT2D eigenvalue weighted by atomic mass is 32.1. The van der Waals surface area contributed by atoms with Crippen LogP contribution in [0, 0.1) is 12.7 Å². The lowest BCUT2D eigenvalue weighted by Gasteiger charge is -2.17. The third-order valence-corrected chi connectivity index (χ3v) is 4.61. The zero-order chi connectivity index (χ0) is 15.7. The normalized spacial score (nSPS) is 19.8. The number of nitrogens with one attached hydrogen (secondary N) is 1. The summed E-state index contributed by atoms with van der Waals surface area (Å²) >= 11 is 1.58. The summed E-state index contributed by atoms with van der Waals surface area (Å²) in [6.07, 6.45) is 0.860. The lowest BCUT2D eigenvalue weighted by molar-refractivity contribution is 0.205. The number of hydrogen-bond donors (Lipinski definition) is 1. The summed E-state index contributed by atoms with van der Waals surface area (Å²) in [6.45, 7) is 2.44. The molecule has 0 saturated heterocycles. The lowest BCUT2D eigenvalue weighted by Crippen LogP contribution is -2.38. The van der Waals surface area contributed by atoms with E-state index in [1.165, 1.54) is 6.07 Å². The quantitative estimate of drug-likeness (QED) is 0.940. The molecule has 22 heavy (non-hydrogen) atoms. The van der Waals surface area contributed by atoms with Crippen molar-refractivity contribution in [1.29, 1.82) is 0 Å². The number of hydrogen-bond acceptors (Lipinski definition) is 3. The number of halogens is 1. The predicted molar refractivity (Wildman–Crippen MR) is 84.4 cm³/mol. The van der Waals surface area contributed by atoms with Gasteiger partial charge in [0.15, 0.2) is 0 Å². The molecule has 1 N–H and O–H groups in total. The molecule has 1 aliphatic carbocycles. The fraction of sp³-hybridized carbons (Fsp3) is 0.375. The van der Waals surface area contributed by atoms with Crippen molar-refractivity contribution >= 4 is 17.4 Å². The first-order valence-electron chi connectivity index (χ1n) is 7.21. The van der Waals surface area contributed by atoms with Crippen molar-refractivity contribution in [3.8, 4) is 0 Å². The first-order chi connectivity index (χ1) is 10.5. The highest BCUT2D eigenvalue weighted by Gasteiger charge is 2.40. The van der Waals surface area contributed by atoms with Gasteiger partial charge in [0.25, 0.3) is 0 Å². The Labute approximate surface area is 133 Å². The second kappa shape index (κ2) is 6.04. The number of thiazole rings is 1. The Morgan fingerprint density at radius 1 is 1.55 bits per heavy atom. The molecule has 2 aromatic rings. The molecule has 1 fully saturated rings. The molecule has 1 saturated carbocycles. The Hall–Kier alpha value is -1.95. The summed E-state index contributed by atoms with van der Waals surface area (Å²) in [4.78, 5) is 18.1. The van der Waals surface area contributed by atoms with Crippen molar-refractivity contribution in [3.05, 3.63) is 51.7 Å². The number of carbonyl (C=O) groups excluding carboxylic acids is 1. The number of urea groups is 1. The number of benzene rings is 1. The van der Waals surface area contributed by atoms with Crippen molar-refractivity contribution in [2.45, 2.75) is 31.8 Å². The first-order valence-corrected chi connectivity index (χ1v) is 8.09. The summed E-state index contributed by atoms with van der Waals surface area (Å²) in [7, 11) is 1.75. The summed E-state index contributed by atoms with van der Waals surface area (Å²) in [6, 6.07) is 6.56. The van der Waals surface area contributed by atoms with Gasteiger partial charge in [-0.05, 0) is 31.0 Å². The fourth-order valence-electron chi connectivity index (χ4n) is 2.52. The topological polar surface area (TPSA) is 45.2 Å². The zero-order valence-electron chi connectivity index (χ0n) is 12.5. The maximum Gasteiger partial charge on any atom is 0.317 e. The maximum absolute atomic E-state index is 13.2. The molecule has 116 valence electrons. The van der Waals surface area contributed by atoms with Gasteiger partial charge in [0.2, 0.25) is 0 Å². The molecule has 4 nitrogen and oxygen atoms in total. The molecular weight excluding hydrogens is 301 g/mol. The molecule has 0 bridgehead atoms. The van der Waals surface area contributed by atoms with Crippen molar-refractivity contribution in [2.75, 3.05) is 7.05 Å². The number of amides is 2. The van der Waals surface area contributed by atoms with Crippen LogP contribution < -0.4 is 5.32 Å². The van der Waals surface area contributed by atoms with E-state index in [1.54, 1.807) is 35.4 Å². The van der Waals surface area contributed by atoms with E-state index in [0.29, 0.717) is 6.54 Å². The van der Waals surface area contributed by atoms with Crippen LogP contribution in [0.5, 0.6) is 0 Å². The molecule has 0 radical (unpaired) electrons. The van der Waals surface area contributed by atoms with Gasteiger partial charge in [-0.3, -0.25) is 0 Å². The van der Waals surface area contributed by atoms with Gasteiger partial charge in [-0.2, -0.15) is 0 Å². The van der Waals surface area contributed by atoms with Crippen LogP contribution in [-0.2, 0) is 6.54 Å². The number of rotatable bonds is 4. The van der Waals surface area contributed by atoms with Gasteiger partial charge in [0.1, 0.15) is 5.82 Å². The Morgan fingerprint density at radius 3 is 3.05 bits per heavy atom. The Bertz CT molecular complexity index is 688. The van der Waals surface area contributed by atoms with Crippen LogP contribution in [0.1, 0.15) is 28.6 Å². The minimum absolute atomic E-state index is 0.0916. The monoisotopic (exact) mass is 319 g/mol. The van der Waals surface area contributed by atoms with Gasteiger partial charge in [-0.25, -0.2) is 14.2 Å². The highest BCUT2D eigenvalue weighted by Crippen LogP contribution is 2.40. The van der Waals surface area contributed by atoms with E-state index in [-0.39, 0.29) is 23.8 Å². The molecule has 2 atom stereocenters. The van der Waals surface area contributed by atoms with Crippen LogP contribution in [0.4, 0.5) is 9.18 Å². The van der Waals surface area contributed by atoms with E-state index in [2.05, 4.69) is 10.3 Å². The molecular formula is C16H18FN3OS. The molecule has 6 heteroatoms. The van der Waals surface area contributed by atoms with Gasteiger partial charge in [-0.15, -0.1) is 11.3 Å². The molecule has 1 heterocycles. The summed E-state index contributed by atoms with van der Waals surface area (Å²) in [5, 5.41) is 5.95. The van der Waals surface area contributed by atoms with Crippen LogP contribution in [0.15, 0.2) is 29.6 Å². The van der Waals surface area contributed by atoms with Crippen LogP contribution in [-0.4, -0.2) is 29.0 Å². The maximum atomic E-state index is 13.2. The Morgan fingerprint density at radius 2 is 2.36 bits per heavy atom. The van der Waals surface area contributed by atoms with Crippen molar-refractivity contribution in [2.24, 2.45) is 0 Å². The smallest absolute Gasteiger partial charge is 0.317 e. The van der Waals surface area contributed by atoms with E-state index in [1.807, 2.05) is 18.4 Å². The van der Waals surface area contributed by atoms with Crippen LogP contribution >= 0.6 is 11.3 Å². The zero-order valence-corrected chi connectivity index (χ0v) is 13.4. The summed E-state index contributed by atoms with van der Waals surface area (Å²) < 4.78 is 13.2. The highest BCUT2D eigenvalue weighted by molar-refractivity contribution is 7.09. The second-order valence-corrected chi connectivity index (χ2v) is 6.73. The molecule has 1 aromatic carbocycles. The number of aryl methyl sites for hydroxylation is 1. The lowest BCUT2D eigenvalue weighted by atomic mass is 10.1. The van der Waals surface area contributed by atoms with Gasteiger partial charge < -0.3 is 10.2 Å².